The van der Waals surface area contributed by atoms with Crippen molar-refractivity contribution in [3.05, 3.63) is 35.9 Å². The molecule has 3 rings (SSSR count). The van der Waals surface area contributed by atoms with Gasteiger partial charge in [0.15, 0.2) is 11.4 Å². The van der Waals surface area contributed by atoms with E-state index < -0.39 is 11.9 Å². The number of nitrogens with zero attached hydrogens (tertiary/aromatic N) is 4. The first-order valence-corrected chi connectivity index (χ1v) is 5.73. The number of H-pyrrole nitrogens is 1. The van der Waals surface area contributed by atoms with Crippen molar-refractivity contribution in [3.63, 3.8) is 0 Å². The maximum absolute atomic E-state index is 12.3. The fourth-order valence-corrected chi connectivity index (χ4v) is 2.12. The molecule has 0 saturated carbocycles. The predicted molar refractivity (Wildman–Crippen MR) is 62.5 cm³/mol. The Morgan fingerprint density at radius 1 is 1.32 bits per heavy atom. The molecule has 0 atom stereocenters. The quantitative estimate of drug-likeness (QED) is 0.789. The van der Waals surface area contributed by atoms with Crippen LogP contribution in [0.25, 0.3) is 0 Å². The molecular formula is C11H11N5O3. The summed E-state index contributed by atoms with van der Waals surface area (Å²) in [5, 5.41) is 8.97. The molecule has 19 heavy (non-hydrogen) atoms. The molecule has 8 nitrogen and oxygen atoms in total. The highest BCUT2D eigenvalue weighted by Gasteiger charge is 2.27. The topological polar surface area (TPSA) is 104 Å². The van der Waals surface area contributed by atoms with Gasteiger partial charge in [-0.2, -0.15) is 0 Å². The molecule has 0 saturated heterocycles. The molecule has 2 N–H and O–H groups in total. The molecule has 8 heteroatoms. The molecule has 2 aromatic rings. The second-order valence-electron chi connectivity index (χ2n) is 4.19. The van der Waals surface area contributed by atoms with Crippen LogP contribution in [0.4, 0.5) is 0 Å². The summed E-state index contributed by atoms with van der Waals surface area (Å²) in [6, 6.07) is 0. The van der Waals surface area contributed by atoms with Gasteiger partial charge in [-0.1, -0.05) is 0 Å². The zero-order valence-corrected chi connectivity index (χ0v) is 9.91. The van der Waals surface area contributed by atoms with Gasteiger partial charge in [-0.05, 0) is 0 Å². The summed E-state index contributed by atoms with van der Waals surface area (Å²) in [6.07, 6.45) is 4.75. The average Bonchev–Trinajstić information content (AvgIpc) is 3.05. The summed E-state index contributed by atoms with van der Waals surface area (Å²) in [5.74, 6) is -0.806. The van der Waals surface area contributed by atoms with Gasteiger partial charge in [0.2, 0.25) is 0 Å². The molecule has 0 aromatic carbocycles. The normalized spacial score (nSPS) is 14.2. The van der Waals surface area contributed by atoms with Gasteiger partial charge in [0, 0.05) is 25.5 Å². The summed E-state index contributed by atoms with van der Waals surface area (Å²) in [4.78, 5) is 35.2. The molecule has 0 spiro atoms. The summed E-state index contributed by atoms with van der Waals surface area (Å²) >= 11 is 0. The predicted octanol–water partition coefficient (Wildman–Crippen LogP) is -0.0396. The summed E-state index contributed by atoms with van der Waals surface area (Å²) < 4.78 is 1.96. The van der Waals surface area contributed by atoms with Crippen LogP contribution in [-0.2, 0) is 13.1 Å². The number of amides is 1. The smallest absolute Gasteiger partial charge is 0.354 e. The molecule has 1 aliphatic heterocycles. The lowest BCUT2D eigenvalue weighted by Gasteiger charge is -2.27. The van der Waals surface area contributed by atoms with Crippen molar-refractivity contribution < 1.29 is 14.7 Å². The molecule has 3 heterocycles. The Labute approximate surface area is 107 Å². The Morgan fingerprint density at radius 2 is 2.16 bits per heavy atom. The number of imidazole rings is 2. The van der Waals surface area contributed by atoms with Gasteiger partial charge in [0.25, 0.3) is 5.91 Å². The van der Waals surface area contributed by atoms with Crippen LogP contribution in [0.2, 0.25) is 0 Å². The number of aromatic amines is 1. The molecule has 0 unspecified atom stereocenters. The van der Waals surface area contributed by atoms with Crippen molar-refractivity contribution in [3.8, 4) is 0 Å². The first kappa shape index (κ1) is 11.5. The van der Waals surface area contributed by atoms with Crippen LogP contribution in [0.1, 0.15) is 26.8 Å². The fourth-order valence-electron chi connectivity index (χ4n) is 2.12. The highest BCUT2D eigenvalue weighted by molar-refractivity contribution is 6.02. The summed E-state index contributed by atoms with van der Waals surface area (Å²) in [6.45, 7) is 1.51. The van der Waals surface area contributed by atoms with E-state index in [0.717, 1.165) is 5.82 Å². The third kappa shape index (κ3) is 1.86. The highest BCUT2D eigenvalue weighted by Crippen LogP contribution is 2.14. The summed E-state index contributed by atoms with van der Waals surface area (Å²) in [5.41, 5.74) is -0.244. The third-order valence-corrected chi connectivity index (χ3v) is 3.09. The maximum atomic E-state index is 12.3. The minimum absolute atomic E-state index is 0.0625. The zero-order chi connectivity index (χ0) is 13.4. The van der Waals surface area contributed by atoms with E-state index in [1.54, 1.807) is 11.1 Å². The van der Waals surface area contributed by atoms with E-state index in [9.17, 15) is 9.59 Å². The van der Waals surface area contributed by atoms with E-state index >= 15 is 0 Å². The molecule has 0 fully saturated rings. The Balaban J connectivity index is 1.86. The third-order valence-electron chi connectivity index (χ3n) is 3.09. The first-order chi connectivity index (χ1) is 9.16. The van der Waals surface area contributed by atoms with Crippen LogP contribution < -0.4 is 0 Å². The molecule has 0 aliphatic carbocycles. The van der Waals surface area contributed by atoms with E-state index in [1.165, 1.54) is 6.33 Å². The second kappa shape index (κ2) is 4.23. The van der Waals surface area contributed by atoms with Gasteiger partial charge in [-0.3, -0.25) is 4.79 Å². The highest BCUT2D eigenvalue weighted by atomic mass is 16.4. The number of nitrogens with one attached hydrogen (secondary N) is 1. The molecule has 0 bridgehead atoms. The molecule has 1 amide bonds. The van der Waals surface area contributed by atoms with Gasteiger partial charge >= 0.3 is 5.97 Å². The van der Waals surface area contributed by atoms with Crippen molar-refractivity contribution in [2.24, 2.45) is 0 Å². The van der Waals surface area contributed by atoms with E-state index in [4.69, 9.17) is 5.11 Å². The number of hydrogen-bond donors (Lipinski definition) is 2. The Kier molecular flexibility index (Phi) is 2.55. The average molecular weight is 261 g/mol. The molecule has 0 radical (unpaired) electrons. The van der Waals surface area contributed by atoms with Crippen molar-refractivity contribution in [2.75, 3.05) is 6.54 Å². The Bertz CT molecular complexity index is 644. The first-order valence-electron chi connectivity index (χ1n) is 5.73. The standard InChI is InChI=1S/C11H11N5O3/c17-10(8-9(11(18)19)14-6-13-8)16-4-3-15-2-1-12-7(15)5-16/h1-2,6H,3-5H2,(H,13,14)(H,18,19). The second-order valence-corrected chi connectivity index (χ2v) is 4.19. The van der Waals surface area contributed by atoms with E-state index in [-0.39, 0.29) is 11.4 Å². The SMILES string of the molecule is O=C(O)c1[nH]cnc1C(=O)N1CCn2ccnc2C1. The molecule has 1 aliphatic rings. The van der Waals surface area contributed by atoms with Crippen molar-refractivity contribution in [2.45, 2.75) is 13.1 Å². The molecule has 2 aromatic heterocycles. The van der Waals surface area contributed by atoms with Gasteiger partial charge in [-0.15, -0.1) is 0 Å². The lowest BCUT2D eigenvalue weighted by Crippen LogP contribution is -2.39. The van der Waals surface area contributed by atoms with Gasteiger partial charge in [-0.25, -0.2) is 14.8 Å². The number of carboxylic acid groups (broad SMARTS) is 1. The van der Waals surface area contributed by atoms with Gasteiger partial charge in [0.05, 0.1) is 12.9 Å². The van der Waals surface area contributed by atoms with Crippen LogP contribution in [0, 0.1) is 0 Å². The Morgan fingerprint density at radius 3 is 2.95 bits per heavy atom. The fraction of sp³-hybridized carbons (Fsp3) is 0.273. The Hall–Kier alpha value is -2.64. The van der Waals surface area contributed by atoms with Crippen molar-refractivity contribution in [1.29, 1.82) is 0 Å². The minimum Gasteiger partial charge on any atom is -0.477 e. The monoisotopic (exact) mass is 261 g/mol. The number of aromatic nitrogens is 4. The van der Waals surface area contributed by atoms with Crippen LogP contribution in [0.5, 0.6) is 0 Å². The van der Waals surface area contributed by atoms with E-state index in [1.807, 2.05) is 10.8 Å². The van der Waals surface area contributed by atoms with Gasteiger partial charge in [0.1, 0.15) is 5.82 Å². The van der Waals surface area contributed by atoms with E-state index in [2.05, 4.69) is 15.0 Å². The zero-order valence-electron chi connectivity index (χ0n) is 9.91. The van der Waals surface area contributed by atoms with Crippen molar-refractivity contribution >= 4 is 11.9 Å². The number of aromatic carboxylic acids is 1. The number of carbonyl (C=O) groups excluding carboxylic acids is 1. The largest absolute Gasteiger partial charge is 0.477 e. The van der Waals surface area contributed by atoms with Gasteiger partial charge < -0.3 is 19.6 Å². The van der Waals surface area contributed by atoms with Crippen LogP contribution in [0.15, 0.2) is 18.7 Å². The number of carbonyl (C=O) groups is 2. The van der Waals surface area contributed by atoms with Crippen LogP contribution in [0.3, 0.4) is 0 Å². The number of carboxylic acids is 1. The van der Waals surface area contributed by atoms with E-state index in [0.29, 0.717) is 19.6 Å². The van der Waals surface area contributed by atoms with Crippen LogP contribution in [-0.4, -0.2) is 47.9 Å². The van der Waals surface area contributed by atoms with Crippen LogP contribution >= 0.6 is 0 Å². The lowest BCUT2D eigenvalue weighted by atomic mass is 10.2. The number of hydrogen-bond acceptors (Lipinski definition) is 4. The number of fused-ring (bicyclic) bond motifs is 1. The number of rotatable bonds is 2. The molecule has 98 valence electrons. The minimum atomic E-state index is -1.20. The molecular weight excluding hydrogens is 250 g/mol. The maximum Gasteiger partial charge on any atom is 0.354 e. The summed E-state index contributed by atoms with van der Waals surface area (Å²) in [7, 11) is 0. The lowest BCUT2D eigenvalue weighted by molar-refractivity contribution is 0.0653. The van der Waals surface area contributed by atoms with Crippen molar-refractivity contribution in [1.82, 2.24) is 24.4 Å².